The Labute approximate surface area is 109 Å². The Morgan fingerprint density at radius 1 is 1.24 bits per heavy atom. The third-order valence-electron chi connectivity index (χ3n) is 2.28. The van der Waals surface area contributed by atoms with E-state index >= 15 is 0 Å². The molecule has 1 rings (SSSR count). The Morgan fingerprint density at radius 2 is 2.00 bits per heavy atom. The summed E-state index contributed by atoms with van der Waals surface area (Å²) in [7, 11) is 0. The van der Waals surface area contributed by atoms with Crippen LogP contribution in [0.5, 0.6) is 0 Å². The molecule has 0 aromatic carbocycles. The number of nitrogens with one attached hydrogen (secondary N) is 2. The molecule has 0 atom stereocenters. The number of aromatic nitrogens is 1. The van der Waals surface area contributed by atoms with Gasteiger partial charge in [-0.25, -0.2) is 0 Å². The molecular formula is C13H22ClN3. The summed E-state index contributed by atoms with van der Waals surface area (Å²) in [6.45, 7) is 9.36. The second-order valence-electron chi connectivity index (χ2n) is 5.17. The third kappa shape index (κ3) is 7.31. The Hall–Kier alpha value is -0.640. The molecule has 0 saturated carbocycles. The predicted octanol–water partition coefficient (Wildman–Crippen LogP) is 2.60. The van der Waals surface area contributed by atoms with Crippen LogP contribution in [0.4, 0.5) is 0 Å². The van der Waals surface area contributed by atoms with Gasteiger partial charge in [0, 0.05) is 18.3 Å². The number of rotatable bonds is 6. The van der Waals surface area contributed by atoms with Crippen LogP contribution in [-0.2, 0) is 6.54 Å². The minimum Gasteiger partial charge on any atom is -0.312 e. The second kappa shape index (κ2) is 6.94. The fraction of sp³-hybridized carbons (Fsp3) is 0.615. The summed E-state index contributed by atoms with van der Waals surface area (Å²) in [5, 5.41) is 7.50. The Kier molecular flexibility index (Phi) is 5.89. The van der Waals surface area contributed by atoms with Crippen LogP contribution < -0.4 is 10.6 Å². The molecule has 0 aliphatic carbocycles. The van der Waals surface area contributed by atoms with Gasteiger partial charge >= 0.3 is 0 Å². The maximum atomic E-state index is 5.77. The minimum absolute atomic E-state index is 0.206. The summed E-state index contributed by atoms with van der Waals surface area (Å²) >= 11 is 5.77. The first-order valence-electron chi connectivity index (χ1n) is 6.03. The lowest BCUT2D eigenvalue weighted by molar-refractivity contribution is 0.418. The maximum absolute atomic E-state index is 5.77. The predicted molar refractivity (Wildman–Crippen MR) is 73.3 cm³/mol. The minimum atomic E-state index is 0.206. The van der Waals surface area contributed by atoms with Crippen LogP contribution in [0.3, 0.4) is 0 Å². The van der Waals surface area contributed by atoms with Crippen molar-refractivity contribution in [2.24, 2.45) is 0 Å². The molecule has 0 aliphatic rings. The molecule has 2 N–H and O–H groups in total. The van der Waals surface area contributed by atoms with Crippen molar-refractivity contribution in [3.63, 3.8) is 0 Å². The Bertz CT molecular complexity index is 316. The van der Waals surface area contributed by atoms with E-state index in [1.54, 1.807) is 6.20 Å². The van der Waals surface area contributed by atoms with Gasteiger partial charge in [-0.2, -0.15) is 0 Å². The van der Waals surface area contributed by atoms with Crippen LogP contribution in [-0.4, -0.2) is 23.6 Å². The molecule has 0 bridgehead atoms. The number of halogens is 1. The van der Waals surface area contributed by atoms with E-state index in [1.807, 2.05) is 12.1 Å². The summed E-state index contributed by atoms with van der Waals surface area (Å²) in [6, 6.07) is 3.81. The molecule has 0 radical (unpaired) electrons. The molecule has 0 aliphatic heterocycles. The zero-order valence-electron chi connectivity index (χ0n) is 10.9. The van der Waals surface area contributed by atoms with Gasteiger partial charge in [0.1, 0.15) is 0 Å². The van der Waals surface area contributed by atoms with Crippen molar-refractivity contribution < 1.29 is 0 Å². The SMILES string of the molecule is CC(C)(C)NCCCNCc1ccc(Cl)cn1. The first kappa shape index (κ1) is 14.4. The molecule has 0 unspecified atom stereocenters. The smallest absolute Gasteiger partial charge is 0.0589 e. The van der Waals surface area contributed by atoms with Crippen LogP contribution in [0.2, 0.25) is 5.02 Å². The van der Waals surface area contributed by atoms with Crippen molar-refractivity contribution in [2.75, 3.05) is 13.1 Å². The molecule has 1 heterocycles. The Balaban J connectivity index is 2.07. The van der Waals surface area contributed by atoms with Crippen LogP contribution in [0, 0.1) is 0 Å². The van der Waals surface area contributed by atoms with E-state index in [4.69, 9.17) is 11.6 Å². The monoisotopic (exact) mass is 255 g/mol. The van der Waals surface area contributed by atoms with E-state index < -0.39 is 0 Å². The lowest BCUT2D eigenvalue weighted by Crippen LogP contribution is -2.37. The highest BCUT2D eigenvalue weighted by atomic mass is 35.5. The standard InChI is InChI=1S/C13H22ClN3/c1-13(2,3)17-8-4-7-15-10-12-6-5-11(14)9-16-12/h5-6,9,15,17H,4,7-8,10H2,1-3H3. The normalized spacial score (nSPS) is 11.8. The molecule has 0 saturated heterocycles. The highest BCUT2D eigenvalue weighted by molar-refractivity contribution is 6.30. The van der Waals surface area contributed by atoms with Gasteiger partial charge in [-0.15, -0.1) is 0 Å². The van der Waals surface area contributed by atoms with Gasteiger partial charge in [0.15, 0.2) is 0 Å². The topological polar surface area (TPSA) is 37.0 Å². The van der Waals surface area contributed by atoms with Gasteiger partial charge in [0.05, 0.1) is 10.7 Å². The van der Waals surface area contributed by atoms with Crippen molar-refractivity contribution >= 4 is 11.6 Å². The first-order valence-corrected chi connectivity index (χ1v) is 6.41. The zero-order chi connectivity index (χ0) is 12.7. The molecule has 0 spiro atoms. The fourth-order valence-corrected chi connectivity index (χ4v) is 1.52. The second-order valence-corrected chi connectivity index (χ2v) is 5.61. The first-order chi connectivity index (χ1) is 7.97. The highest BCUT2D eigenvalue weighted by Crippen LogP contribution is 2.05. The number of pyridine rings is 1. The van der Waals surface area contributed by atoms with E-state index in [0.717, 1.165) is 31.7 Å². The van der Waals surface area contributed by atoms with Crippen molar-refractivity contribution in [2.45, 2.75) is 39.3 Å². The lowest BCUT2D eigenvalue weighted by Gasteiger charge is -2.20. The van der Waals surface area contributed by atoms with E-state index in [2.05, 4.69) is 36.4 Å². The maximum Gasteiger partial charge on any atom is 0.0589 e. The lowest BCUT2D eigenvalue weighted by atomic mass is 10.1. The third-order valence-corrected chi connectivity index (χ3v) is 2.50. The zero-order valence-corrected chi connectivity index (χ0v) is 11.6. The number of nitrogens with zero attached hydrogens (tertiary/aromatic N) is 1. The molecule has 4 heteroatoms. The quantitative estimate of drug-likeness (QED) is 0.768. The van der Waals surface area contributed by atoms with Crippen molar-refractivity contribution in [3.05, 3.63) is 29.0 Å². The van der Waals surface area contributed by atoms with Gasteiger partial charge in [0.2, 0.25) is 0 Å². The number of hydrogen-bond donors (Lipinski definition) is 2. The van der Waals surface area contributed by atoms with Crippen LogP contribution in [0.15, 0.2) is 18.3 Å². The molecule has 0 amide bonds. The fourth-order valence-electron chi connectivity index (χ4n) is 1.40. The van der Waals surface area contributed by atoms with Gasteiger partial charge in [-0.1, -0.05) is 11.6 Å². The van der Waals surface area contributed by atoms with E-state index in [0.29, 0.717) is 5.02 Å². The Morgan fingerprint density at radius 3 is 2.59 bits per heavy atom. The average molecular weight is 256 g/mol. The van der Waals surface area contributed by atoms with Crippen molar-refractivity contribution in [1.82, 2.24) is 15.6 Å². The average Bonchev–Trinajstić information content (AvgIpc) is 2.24. The molecule has 1 aromatic rings. The van der Waals surface area contributed by atoms with Crippen LogP contribution in [0.1, 0.15) is 32.9 Å². The molecule has 96 valence electrons. The number of hydrogen-bond acceptors (Lipinski definition) is 3. The van der Waals surface area contributed by atoms with E-state index in [9.17, 15) is 0 Å². The van der Waals surface area contributed by atoms with E-state index in [-0.39, 0.29) is 5.54 Å². The van der Waals surface area contributed by atoms with Gasteiger partial charge < -0.3 is 10.6 Å². The molecule has 0 fully saturated rings. The van der Waals surface area contributed by atoms with Crippen molar-refractivity contribution in [3.8, 4) is 0 Å². The molecular weight excluding hydrogens is 234 g/mol. The van der Waals surface area contributed by atoms with E-state index in [1.165, 1.54) is 0 Å². The largest absolute Gasteiger partial charge is 0.312 e. The summed E-state index contributed by atoms with van der Waals surface area (Å²) < 4.78 is 0. The van der Waals surface area contributed by atoms with Crippen LogP contribution >= 0.6 is 11.6 Å². The van der Waals surface area contributed by atoms with Crippen LogP contribution in [0.25, 0.3) is 0 Å². The van der Waals surface area contributed by atoms with Crippen molar-refractivity contribution in [1.29, 1.82) is 0 Å². The summed E-state index contributed by atoms with van der Waals surface area (Å²) in [5.41, 5.74) is 1.23. The van der Waals surface area contributed by atoms with Gasteiger partial charge in [-0.3, -0.25) is 4.98 Å². The van der Waals surface area contributed by atoms with Gasteiger partial charge in [0.25, 0.3) is 0 Å². The summed E-state index contributed by atoms with van der Waals surface area (Å²) in [6.07, 6.45) is 2.80. The molecule has 1 aromatic heterocycles. The summed E-state index contributed by atoms with van der Waals surface area (Å²) in [5.74, 6) is 0. The highest BCUT2D eigenvalue weighted by Gasteiger charge is 2.06. The summed E-state index contributed by atoms with van der Waals surface area (Å²) in [4.78, 5) is 4.23. The molecule has 3 nitrogen and oxygen atoms in total. The van der Waals surface area contributed by atoms with Gasteiger partial charge in [-0.05, 0) is 52.4 Å². The molecule has 17 heavy (non-hydrogen) atoms.